The topological polar surface area (TPSA) is 100 Å². The first kappa shape index (κ1) is 25.2. The number of carbonyl (C=O) groups is 1. The summed E-state index contributed by atoms with van der Waals surface area (Å²) in [6, 6.07) is 22.7. The van der Waals surface area contributed by atoms with E-state index in [9.17, 15) is 9.90 Å². The maximum Gasteiger partial charge on any atom is 0.309 e. The van der Waals surface area contributed by atoms with E-state index < -0.39 is 11.4 Å². The average molecular weight is 461 g/mol. The van der Waals surface area contributed by atoms with E-state index >= 15 is 0 Å². The fourth-order valence-corrected chi connectivity index (χ4v) is 4.02. The van der Waals surface area contributed by atoms with Gasteiger partial charge in [0.25, 0.3) is 0 Å². The summed E-state index contributed by atoms with van der Waals surface area (Å²) in [7, 11) is 0. The number of nitrogens with one attached hydrogen (secondary N) is 2. The zero-order chi connectivity index (χ0) is 24.6. The van der Waals surface area contributed by atoms with Gasteiger partial charge in [-0.15, -0.1) is 0 Å². The van der Waals surface area contributed by atoms with Gasteiger partial charge in [-0.3, -0.25) is 4.79 Å². The van der Waals surface area contributed by atoms with Crippen molar-refractivity contribution in [3.05, 3.63) is 89.6 Å². The third-order valence-corrected chi connectivity index (χ3v) is 6.20. The quantitative estimate of drug-likeness (QED) is 0.294. The lowest BCUT2D eigenvalue weighted by Crippen LogP contribution is -2.28. The van der Waals surface area contributed by atoms with Crippen LogP contribution in [-0.2, 0) is 11.2 Å². The maximum atomic E-state index is 11.5. The molecular weight excluding hydrogens is 424 g/mol. The van der Waals surface area contributed by atoms with E-state index in [4.69, 9.17) is 5.73 Å². The van der Waals surface area contributed by atoms with Crippen molar-refractivity contribution < 1.29 is 9.90 Å². The predicted molar refractivity (Wildman–Crippen MR) is 139 cm³/mol. The summed E-state index contributed by atoms with van der Waals surface area (Å²) >= 11 is 0. The Morgan fingerprint density at radius 1 is 1.06 bits per heavy atom. The second-order valence-electron chi connectivity index (χ2n) is 9.54. The van der Waals surface area contributed by atoms with Crippen molar-refractivity contribution in [3.8, 4) is 0 Å². The number of nitrogen functional groups attached to an aromatic ring is 1. The van der Waals surface area contributed by atoms with Crippen molar-refractivity contribution in [1.82, 2.24) is 10.3 Å². The maximum absolute atomic E-state index is 11.5. The fraction of sp³-hybridized carbons (Fsp3) is 0.357. The minimum absolute atomic E-state index is 0.183. The predicted octanol–water partition coefficient (Wildman–Crippen LogP) is 5.25. The molecule has 0 saturated carbocycles. The van der Waals surface area contributed by atoms with Crippen LogP contribution in [0.4, 0.5) is 11.5 Å². The number of carboxylic acids is 1. The van der Waals surface area contributed by atoms with Crippen molar-refractivity contribution in [3.63, 3.8) is 0 Å². The summed E-state index contributed by atoms with van der Waals surface area (Å²) < 4.78 is 0. The van der Waals surface area contributed by atoms with Gasteiger partial charge in [0, 0.05) is 25.3 Å². The molecular formula is C28H36N4O2. The van der Waals surface area contributed by atoms with Gasteiger partial charge in [-0.05, 0) is 61.4 Å². The van der Waals surface area contributed by atoms with Gasteiger partial charge in [0.15, 0.2) is 0 Å². The molecule has 0 bridgehead atoms. The van der Waals surface area contributed by atoms with E-state index in [0.29, 0.717) is 12.2 Å². The van der Waals surface area contributed by atoms with Gasteiger partial charge in [0.05, 0.1) is 11.1 Å². The Bertz CT molecular complexity index is 1070. The number of aliphatic carboxylic acids is 1. The number of carboxylic acid groups (broad SMARTS) is 1. The van der Waals surface area contributed by atoms with E-state index in [1.54, 1.807) is 20.0 Å². The van der Waals surface area contributed by atoms with Gasteiger partial charge >= 0.3 is 5.97 Å². The van der Waals surface area contributed by atoms with E-state index in [-0.39, 0.29) is 12.0 Å². The second kappa shape index (κ2) is 11.7. The molecule has 3 aromatic rings. The van der Waals surface area contributed by atoms with Crippen LogP contribution >= 0.6 is 0 Å². The second-order valence-corrected chi connectivity index (χ2v) is 9.54. The molecule has 1 heterocycles. The smallest absolute Gasteiger partial charge is 0.309 e. The number of benzene rings is 2. The molecule has 5 N–H and O–H groups in total. The number of hydrogen-bond acceptors (Lipinski definition) is 5. The molecule has 3 rings (SSSR count). The zero-order valence-electron chi connectivity index (χ0n) is 20.3. The Kier molecular flexibility index (Phi) is 8.66. The highest BCUT2D eigenvalue weighted by atomic mass is 16.4. The van der Waals surface area contributed by atoms with Gasteiger partial charge in [-0.25, -0.2) is 4.98 Å². The Hall–Kier alpha value is -3.38. The summed E-state index contributed by atoms with van der Waals surface area (Å²) in [5.74, 6) is 0.00676. The van der Waals surface area contributed by atoms with Crippen LogP contribution in [0.2, 0.25) is 0 Å². The molecule has 0 spiro atoms. The van der Waals surface area contributed by atoms with E-state index in [1.165, 1.54) is 11.1 Å². The molecule has 34 heavy (non-hydrogen) atoms. The molecule has 2 atom stereocenters. The minimum Gasteiger partial charge on any atom is -0.481 e. The van der Waals surface area contributed by atoms with Crippen LogP contribution in [0, 0.1) is 5.41 Å². The van der Waals surface area contributed by atoms with Crippen LogP contribution in [0.1, 0.15) is 55.8 Å². The number of anilines is 2. The molecule has 0 aliphatic carbocycles. The monoisotopic (exact) mass is 460 g/mol. The van der Waals surface area contributed by atoms with Crippen LogP contribution in [-0.4, -0.2) is 29.1 Å². The lowest BCUT2D eigenvalue weighted by atomic mass is 9.85. The van der Waals surface area contributed by atoms with Crippen LogP contribution in [0.15, 0.2) is 72.9 Å². The molecule has 0 saturated heterocycles. The van der Waals surface area contributed by atoms with Crippen molar-refractivity contribution in [2.75, 3.05) is 24.1 Å². The highest BCUT2D eigenvalue weighted by Gasteiger charge is 2.27. The van der Waals surface area contributed by atoms with Gasteiger partial charge in [0.2, 0.25) is 0 Å². The van der Waals surface area contributed by atoms with Crippen molar-refractivity contribution >= 4 is 17.5 Å². The molecule has 6 heteroatoms. The molecule has 1 aromatic heterocycles. The molecule has 0 radical (unpaired) electrons. The van der Waals surface area contributed by atoms with Crippen LogP contribution < -0.4 is 16.4 Å². The number of pyridine rings is 1. The molecule has 6 nitrogen and oxygen atoms in total. The molecule has 0 fully saturated rings. The number of nitrogens with zero attached hydrogens (tertiary/aromatic N) is 1. The summed E-state index contributed by atoms with van der Waals surface area (Å²) in [4.78, 5) is 15.7. The van der Waals surface area contributed by atoms with Crippen molar-refractivity contribution in [2.45, 2.75) is 45.6 Å². The molecule has 0 amide bonds. The molecule has 0 aliphatic heterocycles. The fourth-order valence-electron chi connectivity index (χ4n) is 4.02. The Balaban J connectivity index is 1.63. The lowest BCUT2D eigenvalue weighted by molar-refractivity contribution is -0.146. The first-order chi connectivity index (χ1) is 16.3. The lowest BCUT2D eigenvalue weighted by Gasteiger charge is -2.23. The highest BCUT2D eigenvalue weighted by molar-refractivity contribution is 5.74. The number of rotatable bonds is 12. The van der Waals surface area contributed by atoms with Crippen molar-refractivity contribution in [1.29, 1.82) is 0 Å². The van der Waals surface area contributed by atoms with E-state index in [2.05, 4.69) is 58.9 Å². The summed E-state index contributed by atoms with van der Waals surface area (Å²) in [5.41, 5.74) is 9.52. The molecule has 180 valence electrons. The minimum atomic E-state index is -0.789. The van der Waals surface area contributed by atoms with Crippen LogP contribution in [0.5, 0.6) is 0 Å². The summed E-state index contributed by atoms with van der Waals surface area (Å²) in [5, 5.41) is 16.6. The zero-order valence-corrected chi connectivity index (χ0v) is 20.3. The third kappa shape index (κ3) is 7.06. The third-order valence-electron chi connectivity index (χ3n) is 6.20. The van der Waals surface area contributed by atoms with Gasteiger partial charge in [-0.2, -0.15) is 0 Å². The summed E-state index contributed by atoms with van der Waals surface area (Å²) in [6.07, 6.45) is 3.08. The Morgan fingerprint density at radius 2 is 1.79 bits per heavy atom. The SMILES string of the molecule is CC(CN[C@@H](CCNc1cccnc1N)c1ccccc1)c1cccc(CC(C)(C)C(=O)O)c1. The number of hydrogen-bond donors (Lipinski definition) is 4. The number of aromatic nitrogens is 1. The number of nitrogens with two attached hydrogens (primary N) is 1. The normalized spacial score (nSPS) is 13.3. The summed E-state index contributed by atoms with van der Waals surface area (Å²) in [6.45, 7) is 7.30. The first-order valence-corrected chi connectivity index (χ1v) is 11.8. The van der Waals surface area contributed by atoms with Crippen molar-refractivity contribution in [2.24, 2.45) is 5.41 Å². The van der Waals surface area contributed by atoms with Gasteiger partial charge in [-0.1, -0.05) is 61.5 Å². The van der Waals surface area contributed by atoms with Gasteiger partial charge < -0.3 is 21.5 Å². The first-order valence-electron chi connectivity index (χ1n) is 11.8. The largest absolute Gasteiger partial charge is 0.481 e. The van der Waals surface area contributed by atoms with E-state index in [1.807, 2.05) is 30.3 Å². The Morgan fingerprint density at radius 3 is 2.50 bits per heavy atom. The highest BCUT2D eigenvalue weighted by Crippen LogP contribution is 2.25. The molecule has 0 aliphatic rings. The average Bonchev–Trinajstić information content (AvgIpc) is 2.82. The standard InChI is InChI=1S/C28H36N4O2/c1-20(23-12-7-9-21(17-23)18-28(2,3)27(33)34)19-32-24(22-10-5-4-6-11-22)14-16-30-25-13-8-15-31-26(25)29/h4-13,15,17,20,24,30,32H,14,16,18-19H2,1-3H3,(H2,29,31)(H,33,34)/t20?,24-/m0/s1. The Labute approximate surface area is 202 Å². The molecule has 2 aromatic carbocycles. The van der Waals surface area contributed by atoms with E-state index in [0.717, 1.165) is 30.8 Å². The van der Waals surface area contributed by atoms with Crippen LogP contribution in [0.25, 0.3) is 0 Å². The molecule has 1 unspecified atom stereocenters. The van der Waals surface area contributed by atoms with Gasteiger partial charge in [0.1, 0.15) is 5.82 Å². The van der Waals surface area contributed by atoms with Crippen LogP contribution in [0.3, 0.4) is 0 Å².